The van der Waals surface area contributed by atoms with Crippen molar-refractivity contribution in [3.63, 3.8) is 0 Å². The van der Waals surface area contributed by atoms with Crippen molar-refractivity contribution in [2.75, 3.05) is 5.32 Å². The van der Waals surface area contributed by atoms with Crippen LogP contribution in [0.3, 0.4) is 0 Å². The number of benzene rings is 2. The quantitative estimate of drug-likeness (QED) is 0.507. The summed E-state index contributed by atoms with van der Waals surface area (Å²) in [7, 11) is 0. The maximum atomic E-state index is 12.6. The third-order valence-corrected chi connectivity index (χ3v) is 3.67. The summed E-state index contributed by atoms with van der Waals surface area (Å²) in [5, 5.41) is 38.9. The normalized spacial score (nSPS) is 10.6. The number of phenolic OH excluding ortho intramolecular Hbond substituents is 1. The highest BCUT2D eigenvalue weighted by atomic mass is 16.5. The number of nitrogens with one attached hydrogen (secondary N) is 2. The van der Waals surface area contributed by atoms with Crippen LogP contribution in [0.15, 0.2) is 40.9 Å². The van der Waals surface area contributed by atoms with Gasteiger partial charge in [0.05, 0.1) is 22.7 Å². The molecule has 4 rings (SSSR count). The lowest BCUT2D eigenvalue weighted by molar-refractivity contribution is 0.102. The van der Waals surface area contributed by atoms with E-state index in [0.29, 0.717) is 28.0 Å². The van der Waals surface area contributed by atoms with Gasteiger partial charge in [0.25, 0.3) is 5.91 Å². The van der Waals surface area contributed by atoms with Gasteiger partial charge in [0, 0.05) is 11.6 Å². The minimum atomic E-state index is -0.520. The van der Waals surface area contributed by atoms with Crippen LogP contribution in [0.5, 0.6) is 5.75 Å². The molecule has 10 heteroatoms. The summed E-state index contributed by atoms with van der Waals surface area (Å²) in [5.74, 6) is -0.215. The van der Waals surface area contributed by atoms with Crippen LogP contribution < -0.4 is 5.32 Å². The van der Waals surface area contributed by atoms with E-state index < -0.39 is 5.91 Å². The number of carbonyl (C=O) groups excluding carboxylic acids is 1. The van der Waals surface area contributed by atoms with Gasteiger partial charge in [0.1, 0.15) is 5.75 Å². The second-order valence-electron chi connectivity index (χ2n) is 5.29. The molecule has 0 atom stereocenters. The fraction of sp³-hybridized carbons (Fsp3) is 0. The van der Waals surface area contributed by atoms with E-state index in [1.807, 2.05) is 6.07 Å². The van der Waals surface area contributed by atoms with Crippen molar-refractivity contribution in [2.45, 2.75) is 0 Å². The minimum Gasteiger partial charge on any atom is -0.508 e. The van der Waals surface area contributed by atoms with E-state index >= 15 is 0 Å². The fourth-order valence-corrected chi connectivity index (χ4v) is 2.46. The number of phenols is 1. The van der Waals surface area contributed by atoms with Gasteiger partial charge in [0.2, 0.25) is 0 Å². The molecular formula is C16H9N7O3. The predicted octanol–water partition coefficient (Wildman–Crippen LogP) is 1.84. The van der Waals surface area contributed by atoms with Gasteiger partial charge in [-0.2, -0.15) is 5.26 Å². The average Bonchev–Trinajstić information content (AvgIpc) is 3.31. The predicted molar refractivity (Wildman–Crippen MR) is 88.0 cm³/mol. The van der Waals surface area contributed by atoms with Crippen molar-refractivity contribution in [3.8, 4) is 23.2 Å². The highest BCUT2D eigenvalue weighted by Gasteiger charge is 2.19. The summed E-state index contributed by atoms with van der Waals surface area (Å²) in [6.07, 6.45) is 0. The highest BCUT2D eigenvalue weighted by Crippen LogP contribution is 2.28. The summed E-state index contributed by atoms with van der Waals surface area (Å²) < 4.78 is 5.08. The summed E-state index contributed by atoms with van der Waals surface area (Å²) in [6, 6.07) is 11.0. The molecule has 126 valence electrons. The molecule has 0 bridgehead atoms. The third kappa shape index (κ3) is 2.59. The highest BCUT2D eigenvalue weighted by molar-refractivity contribution is 6.11. The van der Waals surface area contributed by atoms with Crippen LogP contribution in [0, 0.1) is 11.3 Å². The van der Waals surface area contributed by atoms with Crippen molar-refractivity contribution in [2.24, 2.45) is 0 Å². The molecule has 0 fully saturated rings. The number of H-pyrrole nitrogens is 1. The van der Waals surface area contributed by atoms with E-state index in [1.54, 1.807) is 18.2 Å². The molecule has 0 saturated heterocycles. The number of aromatic nitrogens is 5. The Balaban J connectivity index is 1.73. The van der Waals surface area contributed by atoms with E-state index in [4.69, 9.17) is 9.78 Å². The molecule has 26 heavy (non-hydrogen) atoms. The second kappa shape index (κ2) is 5.99. The number of aromatic amines is 1. The average molecular weight is 347 g/mol. The number of rotatable bonds is 3. The Morgan fingerprint density at radius 3 is 2.92 bits per heavy atom. The van der Waals surface area contributed by atoms with Crippen LogP contribution in [-0.2, 0) is 0 Å². The van der Waals surface area contributed by atoms with Crippen LogP contribution in [0.4, 0.5) is 5.69 Å². The standard InChI is InChI=1S/C16H9N7O3/c17-7-8-1-4-12(11(5-8)15-19-22-23-20-15)18-16(25)14-10-3-2-9(24)6-13(10)26-21-14/h1-6,24H,(H,18,25)(H,19,20,22,23). The Bertz CT molecular complexity index is 1160. The summed E-state index contributed by atoms with van der Waals surface area (Å²) in [4.78, 5) is 12.6. The number of tetrazole rings is 1. The topological polar surface area (TPSA) is 154 Å². The molecule has 0 saturated carbocycles. The summed E-state index contributed by atoms with van der Waals surface area (Å²) in [6.45, 7) is 0. The van der Waals surface area contributed by atoms with E-state index in [-0.39, 0.29) is 17.0 Å². The van der Waals surface area contributed by atoms with Crippen LogP contribution in [0.2, 0.25) is 0 Å². The van der Waals surface area contributed by atoms with Crippen molar-refractivity contribution < 1.29 is 14.4 Å². The second-order valence-corrected chi connectivity index (χ2v) is 5.29. The van der Waals surface area contributed by atoms with Crippen LogP contribution in [0.1, 0.15) is 16.1 Å². The molecule has 2 aromatic heterocycles. The maximum Gasteiger partial charge on any atom is 0.278 e. The van der Waals surface area contributed by atoms with Gasteiger partial charge < -0.3 is 14.9 Å². The van der Waals surface area contributed by atoms with Crippen molar-refractivity contribution in [3.05, 3.63) is 47.7 Å². The van der Waals surface area contributed by atoms with E-state index in [2.05, 4.69) is 31.1 Å². The number of amides is 1. The Labute approximate surface area is 145 Å². The van der Waals surface area contributed by atoms with E-state index in [1.165, 1.54) is 18.2 Å². The maximum absolute atomic E-state index is 12.6. The molecule has 0 unspecified atom stereocenters. The van der Waals surface area contributed by atoms with Gasteiger partial charge in [0.15, 0.2) is 17.1 Å². The number of carbonyl (C=O) groups is 1. The van der Waals surface area contributed by atoms with E-state index in [9.17, 15) is 9.90 Å². The van der Waals surface area contributed by atoms with Crippen LogP contribution in [-0.4, -0.2) is 36.8 Å². The number of hydrogen-bond donors (Lipinski definition) is 3. The van der Waals surface area contributed by atoms with Gasteiger partial charge in [-0.3, -0.25) is 4.79 Å². The largest absolute Gasteiger partial charge is 0.508 e. The molecule has 0 spiro atoms. The molecule has 2 heterocycles. The number of anilines is 1. The zero-order chi connectivity index (χ0) is 18.1. The molecule has 0 aliphatic heterocycles. The Kier molecular flexibility index (Phi) is 3.52. The minimum absolute atomic E-state index is 0.00723. The zero-order valence-corrected chi connectivity index (χ0v) is 13.0. The summed E-state index contributed by atoms with van der Waals surface area (Å²) in [5.41, 5.74) is 1.58. The molecule has 1 amide bonds. The lowest BCUT2D eigenvalue weighted by atomic mass is 10.1. The van der Waals surface area contributed by atoms with Gasteiger partial charge in [-0.1, -0.05) is 5.16 Å². The molecular weight excluding hydrogens is 338 g/mol. The molecule has 4 aromatic rings. The van der Waals surface area contributed by atoms with Crippen LogP contribution >= 0.6 is 0 Å². The molecule has 0 radical (unpaired) electrons. The van der Waals surface area contributed by atoms with Crippen molar-refractivity contribution in [1.29, 1.82) is 5.26 Å². The first kappa shape index (κ1) is 15.3. The number of nitrogens with zero attached hydrogens (tertiary/aromatic N) is 5. The Morgan fingerprint density at radius 1 is 1.27 bits per heavy atom. The van der Waals surface area contributed by atoms with Gasteiger partial charge >= 0.3 is 0 Å². The van der Waals surface area contributed by atoms with Crippen molar-refractivity contribution in [1.82, 2.24) is 25.8 Å². The molecule has 10 nitrogen and oxygen atoms in total. The number of nitriles is 1. The number of fused-ring (bicyclic) bond motifs is 1. The SMILES string of the molecule is N#Cc1ccc(NC(=O)c2noc3cc(O)ccc23)c(-c2nnn[nH]2)c1. The molecule has 0 aliphatic rings. The smallest absolute Gasteiger partial charge is 0.278 e. The number of aromatic hydroxyl groups is 1. The number of hydrogen-bond acceptors (Lipinski definition) is 8. The van der Waals surface area contributed by atoms with Gasteiger partial charge in [-0.15, -0.1) is 5.10 Å². The zero-order valence-electron chi connectivity index (χ0n) is 13.0. The first-order valence-electron chi connectivity index (χ1n) is 7.33. The molecule has 2 aromatic carbocycles. The van der Waals surface area contributed by atoms with Crippen molar-refractivity contribution >= 4 is 22.6 Å². The lowest BCUT2D eigenvalue weighted by Crippen LogP contribution is -2.13. The Morgan fingerprint density at radius 2 is 2.15 bits per heavy atom. The molecule has 3 N–H and O–H groups in total. The first-order chi connectivity index (χ1) is 12.7. The molecule has 0 aliphatic carbocycles. The summed E-state index contributed by atoms with van der Waals surface area (Å²) >= 11 is 0. The monoisotopic (exact) mass is 347 g/mol. The first-order valence-corrected chi connectivity index (χ1v) is 7.33. The third-order valence-electron chi connectivity index (χ3n) is 3.67. The Hall–Kier alpha value is -4.26. The fourth-order valence-electron chi connectivity index (χ4n) is 2.46. The van der Waals surface area contributed by atoms with Crippen LogP contribution in [0.25, 0.3) is 22.4 Å². The van der Waals surface area contributed by atoms with E-state index in [0.717, 1.165) is 0 Å². The lowest BCUT2D eigenvalue weighted by Gasteiger charge is -2.08. The van der Waals surface area contributed by atoms with Gasteiger partial charge in [-0.25, -0.2) is 5.10 Å². The van der Waals surface area contributed by atoms with Gasteiger partial charge in [-0.05, 0) is 40.8 Å².